The molecule has 3 rings (SSSR count). The SMILES string of the molecule is Cc1ccccc1[Si](O)(c1ccccc1C)c1ccccc1C. The average molecular weight is 318 g/mol. The maximum atomic E-state index is 12.1. The van der Waals surface area contributed by atoms with Crippen LogP contribution < -0.4 is 15.6 Å². The van der Waals surface area contributed by atoms with E-state index in [0.29, 0.717) is 0 Å². The molecule has 0 unspecified atom stereocenters. The first-order chi connectivity index (χ1) is 11.0. The number of benzene rings is 3. The maximum absolute atomic E-state index is 12.1. The van der Waals surface area contributed by atoms with Crippen molar-refractivity contribution in [2.24, 2.45) is 0 Å². The summed E-state index contributed by atoms with van der Waals surface area (Å²) in [5.41, 5.74) is 3.44. The summed E-state index contributed by atoms with van der Waals surface area (Å²) >= 11 is 0. The molecule has 0 amide bonds. The summed E-state index contributed by atoms with van der Waals surface area (Å²) in [6.07, 6.45) is 0. The molecule has 0 saturated carbocycles. The molecule has 0 fully saturated rings. The first-order valence-corrected chi connectivity index (χ1v) is 9.90. The second kappa shape index (κ2) is 6.15. The molecule has 3 aromatic rings. The van der Waals surface area contributed by atoms with Gasteiger partial charge in [-0.3, -0.25) is 0 Å². The van der Waals surface area contributed by atoms with Crippen LogP contribution >= 0.6 is 0 Å². The molecule has 3 aromatic carbocycles. The summed E-state index contributed by atoms with van der Waals surface area (Å²) in [5, 5.41) is 3.22. The second-order valence-corrected chi connectivity index (χ2v) is 9.19. The smallest absolute Gasteiger partial charge is 0.286 e. The third-order valence-electron chi connectivity index (χ3n) is 4.60. The fraction of sp³-hybridized carbons (Fsp3) is 0.143. The molecule has 1 nitrogen and oxygen atoms in total. The standard InChI is InChI=1S/C21H22OSi/c1-16-10-4-7-13-19(16)23(22,20-14-8-5-11-17(20)2)21-15-9-6-12-18(21)3/h4-15,22H,1-3H3. The van der Waals surface area contributed by atoms with Crippen molar-refractivity contribution in [3.63, 3.8) is 0 Å². The highest BCUT2D eigenvalue weighted by atomic mass is 28.4. The Bertz CT molecular complexity index is 728. The highest BCUT2D eigenvalue weighted by Crippen LogP contribution is 2.11. The van der Waals surface area contributed by atoms with Crippen LogP contribution in [-0.2, 0) is 0 Å². The van der Waals surface area contributed by atoms with Crippen LogP contribution in [0.5, 0.6) is 0 Å². The van der Waals surface area contributed by atoms with Gasteiger partial charge in [0.1, 0.15) is 0 Å². The average Bonchev–Trinajstić information content (AvgIpc) is 2.55. The van der Waals surface area contributed by atoms with Gasteiger partial charge in [-0.1, -0.05) is 72.8 Å². The van der Waals surface area contributed by atoms with Crippen molar-refractivity contribution in [1.82, 2.24) is 0 Å². The number of rotatable bonds is 3. The van der Waals surface area contributed by atoms with Crippen LogP contribution in [0.25, 0.3) is 0 Å². The zero-order valence-electron chi connectivity index (χ0n) is 13.9. The van der Waals surface area contributed by atoms with Crippen LogP contribution in [0.4, 0.5) is 0 Å². The van der Waals surface area contributed by atoms with Crippen LogP contribution in [0, 0.1) is 20.8 Å². The highest BCUT2D eigenvalue weighted by molar-refractivity contribution is 7.06. The Morgan fingerprint density at radius 1 is 0.522 bits per heavy atom. The van der Waals surface area contributed by atoms with Gasteiger partial charge >= 0.3 is 0 Å². The van der Waals surface area contributed by atoms with Crippen LogP contribution in [0.3, 0.4) is 0 Å². The monoisotopic (exact) mass is 318 g/mol. The van der Waals surface area contributed by atoms with Gasteiger partial charge in [0, 0.05) is 0 Å². The molecule has 0 aromatic heterocycles. The van der Waals surface area contributed by atoms with Gasteiger partial charge in [0.2, 0.25) is 0 Å². The van der Waals surface area contributed by atoms with E-state index in [4.69, 9.17) is 0 Å². The quantitative estimate of drug-likeness (QED) is 0.581. The number of hydrogen-bond donors (Lipinski definition) is 1. The van der Waals surface area contributed by atoms with Gasteiger partial charge in [-0.25, -0.2) is 0 Å². The summed E-state index contributed by atoms with van der Waals surface area (Å²) < 4.78 is 0. The molecular formula is C21H22OSi. The maximum Gasteiger partial charge on any atom is 0.286 e. The van der Waals surface area contributed by atoms with Crippen molar-refractivity contribution in [3.8, 4) is 0 Å². The number of aryl methyl sites for hydroxylation is 3. The van der Waals surface area contributed by atoms with Crippen LogP contribution in [0.15, 0.2) is 72.8 Å². The molecule has 0 spiro atoms. The molecule has 0 radical (unpaired) electrons. The lowest BCUT2D eigenvalue weighted by Crippen LogP contribution is -2.69. The Morgan fingerprint density at radius 3 is 1.04 bits per heavy atom. The zero-order chi connectivity index (χ0) is 16.4. The van der Waals surface area contributed by atoms with E-state index < -0.39 is 8.32 Å². The summed E-state index contributed by atoms with van der Waals surface area (Å²) in [7, 11) is -3.01. The lowest BCUT2D eigenvalue weighted by Gasteiger charge is -2.31. The van der Waals surface area contributed by atoms with Crippen molar-refractivity contribution in [3.05, 3.63) is 89.5 Å². The van der Waals surface area contributed by atoms with Gasteiger partial charge in [-0.2, -0.15) is 0 Å². The molecule has 0 atom stereocenters. The largest absolute Gasteiger partial charge is 0.421 e. The molecule has 23 heavy (non-hydrogen) atoms. The lowest BCUT2D eigenvalue weighted by molar-refractivity contribution is 0.582. The Hall–Kier alpha value is -2.16. The molecule has 1 N–H and O–H groups in total. The summed E-state index contributed by atoms with van der Waals surface area (Å²) in [4.78, 5) is 12.1. The first kappa shape index (κ1) is 15.7. The fourth-order valence-corrected chi connectivity index (χ4v) is 7.22. The van der Waals surface area contributed by atoms with Gasteiger partial charge in [0.15, 0.2) is 0 Å². The van der Waals surface area contributed by atoms with Crippen molar-refractivity contribution < 1.29 is 4.80 Å². The molecule has 2 heteroatoms. The Kier molecular flexibility index (Phi) is 4.20. The van der Waals surface area contributed by atoms with Crippen molar-refractivity contribution in [2.45, 2.75) is 20.8 Å². The summed E-state index contributed by atoms with van der Waals surface area (Å²) in [6.45, 7) is 6.26. The highest BCUT2D eigenvalue weighted by Gasteiger charge is 2.41. The molecule has 0 aliphatic heterocycles. The van der Waals surface area contributed by atoms with E-state index in [2.05, 4.69) is 57.2 Å². The van der Waals surface area contributed by atoms with Crippen molar-refractivity contribution >= 4 is 23.9 Å². The lowest BCUT2D eigenvalue weighted by atomic mass is 10.2. The summed E-state index contributed by atoms with van der Waals surface area (Å²) in [6, 6.07) is 24.7. The summed E-state index contributed by atoms with van der Waals surface area (Å²) in [5.74, 6) is 0. The van der Waals surface area contributed by atoms with Crippen molar-refractivity contribution in [1.29, 1.82) is 0 Å². The van der Waals surface area contributed by atoms with E-state index in [1.807, 2.05) is 36.4 Å². The van der Waals surface area contributed by atoms with Crippen molar-refractivity contribution in [2.75, 3.05) is 0 Å². The number of hydrogen-bond acceptors (Lipinski definition) is 1. The molecule has 0 aliphatic rings. The Labute approximate surface area is 139 Å². The van der Waals surface area contributed by atoms with Gasteiger partial charge in [0.25, 0.3) is 8.32 Å². The minimum absolute atomic E-state index is 1.07. The van der Waals surface area contributed by atoms with Gasteiger partial charge in [-0.05, 0) is 53.0 Å². The fourth-order valence-electron chi connectivity index (χ4n) is 3.37. The van der Waals surface area contributed by atoms with Crippen LogP contribution in [0.2, 0.25) is 0 Å². The molecule has 116 valence electrons. The topological polar surface area (TPSA) is 20.2 Å². The van der Waals surface area contributed by atoms with E-state index in [1.165, 1.54) is 0 Å². The molecular weight excluding hydrogens is 296 g/mol. The second-order valence-electron chi connectivity index (χ2n) is 6.16. The van der Waals surface area contributed by atoms with E-state index in [0.717, 1.165) is 32.3 Å². The minimum Gasteiger partial charge on any atom is -0.421 e. The van der Waals surface area contributed by atoms with Gasteiger partial charge in [-0.15, -0.1) is 0 Å². The molecule has 0 aliphatic carbocycles. The first-order valence-electron chi connectivity index (χ1n) is 7.96. The minimum atomic E-state index is -3.01. The third kappa shape index (κ3) is 2.65. The third-order valence-corrected chi connectivity index (χ3v) is 8.63. The predicted octanol–water partition coefficient (Wildman–Crippen LogP) is 2.57. The Morgan fingerprint density at radius 2 is 0.783 bits per heavy atom. The van der Waals surface area contributed by atoms with E-state index in [9.17, 15) is 4.80 Å². The van der Waals surface area contributed by atoms with E-state index in [-0.39, 0.29) is 0 Å². The Balaban J connectivity index is 2.38. The van der Waals surface area contributed by atoms with Crippen LogP contribution in [0.1, 0.15) is 16.7 Å². The zero-order valence-corrected chi connectivity index (χ0v) is 14.9. The predicted molar refractivity (Wildman–Crippen MR) is 100 cm³/mol. The molecule has 0 saturated heterocycles. The molecule has 0 bridgehead atoms. The normalized spacial score (nSPS) is 11.5. The van der Waals surface area contributed by atoms with Crippen LogP contribution in [-0.4, -0.2) is 13.1 Å². The molecule has 0 heterocycles. The van der Waals surface area contributed by atoms with E-state index >= 15 is 0 Å². The van der Waals surface area contributed by atoms with Gasteiger partial charge < -0.3 is 4.80 Å². The van der Waals surface area contributed by atoms with E-state index in [1.54, 1.807) is 0 Å². The van der Waals surface area contributed by atoms with Gasteiger partial charge in [0.05, 0.1) is 0 Å².